The Balaban J connectivity index is 2.77. The Kier molecular flexibility index (Phi) is 11.2. The predicted octanol–water partition coefficient (Wildman–Crippen LogP) is 1.89. The van der Waals surface area contributed by atoms with Gasteiger partial charge in [0, 0.05) is 66.0 Å². The van der Waals surface area contributed by atoms with Crippen molar-refractivity contribution in [2.75, 3.05) is 90.8 Å². The second kappa shape index (κ2) is 13.0. The number of hydrogen-bond acceptors (Lipinski definition) is 6. The van der Waals surface area contributed by atoms with E-state index in [0.717, 1.165) is 26.2 Å². The molecule has 0 aliphatic rings. The van der Waals surface area contributed by atoms with Crippen molar-refractivity contribution in [1.29, 1.82) is 0 Å². The third kappa shape index (κ3) is 7.49. The Morgan fingerprint density at radius 3 is 1.00 bits per heavy atom. The van der Waals surface area contributed by atoms with E-state index in [0.29, 0.717) is 26.4 Å². The molecule has 0 unspecified atom stereocenters. The Morgan fingerprint density at radius 1 is 0.542 bits per heavy atom. The molecule has 0 N–H and O–H groups in total. The van der Waals surface area contributed by atoms with Crippen molar-refractivity contribution in [1.82, 2.24) is 0 Å². The summed E-state index contributed by atoms with van der Waals surface area (Å²) in [6, 6.07) is 8.58. The molecule has 0 atom stereocenters. The molecule has 0 aliphatic carbocycles. The molecule has 6 nitrogen and oxygen atoms in total. The van der Waals surface area contributed by atoms with Gasteiger partial charge >= 0.3 is 0 Å². The molecule has 0 heterocycles. The molecule has 0 bridgehead atoms. The number of hydrogen-bond donors (Lipinski definition) is 0. The summed E-state index contributed by atoms with van der Waals surface area (Å²) in [7, 11) is 6.89. The number of nitrogens with zero attached hydrogens (tertiary/aromatic N) is 2. The molecule has 0 spiro atoms. The number of ether oxygens (including phenoxy) is 4. The quantitative estimate of drug-likeness (QED) is 0.515. The molecule has 1 aromatic carbocycles. The summed E-state index contributed by atoms with van der Waals surface area (Å²) < 4.78 is 20.8. The van der Waals surface area contributed by atoms with Crippen LogP contribution in [0.1, 0.15) is 0 Å². The molecule has 24 heavy (non-hydrogen) atoms. The highest BCUT2D eigenvalue weighted by Crippen LogP contribution is 2.21. The second-order valence-corrected chi connectivity index (χ2v) is 5.46. The smallest absolute Gasteiger partial charge is 0.0637 e. The fraction of sp³-hybridized carbons (Fsp3) is 0.667. The lowest BCUT2D eigenvalue weighted by molar-refractivity contribution is 0.190. The lowest BCUT2D eigenvalue weighted by Crippen LogP contribution is -2.31. The van der Waals surface area contributed by atoms with Crippen molar-refractivity contribution in [3.05, 3.63) is 24.3 Å². The molecule has 0 fully saturated rings. The normalized spacial score (nSPS) is 10.8. The monoisotopic (exact) mass is 340 g/mol. The summed E-state index contributed by atoms with van der Waals surface area (Å²) in [6.07, 6.45) is 0. The maximum Gasteiger partial charge on any atom is 0.0637 e. The van der Waals surface area contributed by atoms with Crippen LogP contribution in [0.5, 0.6) is 0 Å². The van der Waals surface area contributed by atoms with Crippen molar-refractivity contribution in [3.8, 4) is 0 Å². The first-order chi connectivity index (χ1) is 11.8. The zero-order chi connectivity index (χ0) is 17.6. The molecular formula is C18H32N2O4. The van der Waals surface area contributed by atoms with Crippen molar-refractivity contribution in [2.45, 2.75) is 0 Å². The van der Waals surface area contributed by atoms with Gasteiger partial charge in [-0.1, -0.05) is 0 Å². The average Bonchev–Trinajstić information content (AvgIpc) is 2.62. The standard InChI is InChI=1S/C18H32N2O4/c1-21-13-9-19(10-14-22-2)17-5-7-18(8-6-17)20(11-15-23-3)12-16-24-4/h5-8H,9-16H2,1-4H3. The number of anilines is 2. The fourth-order valence-corrected chi connectivity index (χ4v) is 2.42. The molecule has 138 valence electrons. The lowest BCUT2D eigenvalue weighted by atomic mass is 10.2. The van der Waals surface area contributed by atoms with E-state index in [4.69, 9.17) is 18.9 Å². The van der Waals surface area contributed by atoms with Crippen LogP contribution < -0.4 is 9.80 Å². The first-order valence-corrected chi connectivity index (χ1v) is 8.32. The summed E-state index contributed by atoms with van der Waals surface area (Å²) in [5.41, 5.74) is 2.34. The highest BCUT2D eigenvalue weighted by atomic mass is 16.5. The van der Waals surface area contributed by atoms with E-state index in [-0.39, 0.29) is 0 Å². The Labute approximate surface area is 146 Å². The summed E-state index contributed by atoms with van der Waals surface area (Å²) >= 11 is 0. The second-order valence-electron chi connectivity index (χ2n) is 5.46. The van der Waals surface area contributed by atoms with E-state index in [2.05, 4.69) is 34.1 Å². The van der Waals surface area contributed by atoms with Crippen LogP contribution in [0.15, 0.2) is 24.3 Å². The highest BCUT2D eigenvalue weighted by Gasteiger charge is 2.09. The van der Waals surface area contributed by atoms with Crippen LogP contribution >= 0.6 is 0 Å². The van der Waals surface area contributed by atoms with Gasteiger partial charge in [0.25, 0.3) is 0 Å². The zero-order valence-electron chi connectivity index (χ0n) is 15.5. The Morgan fingerprint density at radius 2 is 0.792 bits per heavy atom. The van der Waals surface area contributed by atoms with Crippen LogP contribution in [0.2, 0.25) is 0 Å². The van der Waals surface area contributed by atoms with Gasteiger partial charge in [0.2, 0.25) is 0 Å². The molecule has 6 heteroatoms. The van der Waals surface area contributed by atoms with Gasteiger partial charge in [0.05, 0.1) is 26.4 Å². The minimum Gasteiger partial charge on any atom is -0.383 e. The number of methoxy groups -OCH3 is 4. The molecule has 0 aliphatic heterocycles. The van der Waals surface area contributed by atoms with Crippen LogP contribution in [0.3, 0.4) is 0 Å². The molecule has 0 radical (unpaired) electrons. The van der Waals surface area contributed by atoms with Crippen molar-refractivity contribution >= 4 is 11.4 Å². The van der Waals surface area contributed by atoms with Gasteiger partial charge in [-0.3, -0.25) is 0 Å². The van der Waals surface area contributed by atoms with Crippen LogP contribution in [0.25, 0.3) is 0 Å². The number of rotatable bonds is 14. The van der Waals surface area contributed by atoms with E-state index in [1.165, 1.54) is 11.4 Å². The van der Waals surface area contributed by atoms with Crippen molar-refractivity contribution in [3.63, 3.8) is 0 Å². The van der Waals surface area contributed by atoms with Gasteiger partial charge < -0.3 is 28.7 Å². The summed E-state index contributed by atoms with van der Waals surface area (Å²) in [6.45, 7) is 6.15. The van der Waals surface area contributed by atoms with Crippen LogP contribution in [0.4, 0.5) is 11.4 Å². The molecule has 0 saturated carbocycles. The minimum absolute atomic E-state index is 0.694. The SMILES string of the molecule is COCCN(CCOC)c1ccc(N(CCOC)CCOC)cc1. The Bertz CT molecular complexity index is 359. The molecule has 0 saturated heterocycles. The molecular weight excluding hydrogens is 308 g/mol. The first-order valence-electron chi connectivity index (χ1n) is 8.32. The highest BCUT2D eigenvalue weighted by molar-refractivity contribution is 5.56. The van der Waals surface area contributed by atoms with Gasteiger partial charge in [-0.2, -0.15) is 0 Å². The van der Waals surface area contributed by atoms with Crippen molar-refractivity contribution < 1.29 is 18.9 Å². The van der Waals surface area contributed by atoms with E-state index in [9.17, 15) is 0 Å². The zero-order valence-corrected chi connectivity index (χ0v) is 15.5. The third-order valence-corrected chi connectivity index (χ3v) is 3.84. The van der Waals surface area contributed by atoms with Crippen LogP contribution in [-0.2, 0) is 18.9 Å². The Hall–Kier alpha value is -1.34. The summed E-state index contributed by atoms with van der Waals surface area (Å²) in [5.74, 6) is 0. The topological polar surface area (TPSA) is 43.4 Å². The maximum absolute atomic E-state index is 5.21. The predicted molar refractivity (Wildman–Crippen MR) is 98.4 cm³/mol. The molecule has 1 aromatic rings. The van der Waals surface area contributed by atoms with Gasteiger partial charge in [0.15, 0.2) is 0 Å². The van der Waals surface area contributed by atoms with E-state index in [1.807, 2.05) is 0 Å². The molecule has 1 rings (SSSR count). The third-order valence-electron chi connectivity index (χ3n) is 3.84. The summed E-state index contributed by atoms with van der Waals surface area (Å²) in [5, 5.41) is 0. The van der Waals surface area contributed by atoms with E-state index >= 15 is 0 Å². The lowest BCUT2D eigenvalue weighted by Gasteiger charge is -2.27. The average molecular weight is 340 g/mol. The fourth-order valence-electron chi connectivity index (χ4n) is 2.42. The molecule has 0 aromatic heterocycles. The van der Waals surface area contributed by atoms with Crippen molar-refractivity contribution in [2.24, 2.45) is 0 Å². The van der Waals surface area contributed by atoms with Gasteiger partial charge in [-0.15, -0.1) is 0 Å². The van der Waals surface area contributed by atoms with Gasteiger partial charge in [-0.05, 0) is 24.3 Å². The molecule has 0 amide bonds. The first kappa shape index (κ1) is 20.7. The van der Waals surface area contributed by atoms with Gasteiger partial charge in [0.1, 0.15) is 0 Å². The minimum atomic E-state index is 0.694. The largest absolute Gasteiger partial charge is 0.383 e. The van der Waals surface area contributed by atoms with Crippen LogP contribution in [-0.4, -0.2) is 81.0 Å². The van der Waals surface area contributed by atoms with E-state index < -0.39 is 0 Å². The number of benzene rings is 1. The van der Waals surface area contributed by atoms with E-state index in [1.54, 1.807) is 28.4 Å². The van der Waals surface area contributed by atoms with Gasteiger partial charge in [-0.25, -0.2) is 0 Å². The summed E-state index contributed by atoms with van der Waals surface area (Å²) in [4.78, 5) is 4.54. The maximum atomic E-state index is 5.21. The van der Waals surface area contributed by atoms with Crippen LogP contribution in [0, 0.1) is 0 Å².